The Balaban J connectivity index is 1.47. The van der Waals surface area contributed by atoms with Gasteiger partial charge >= 0.3 is 5.97 Å². The number of carbonyl (C=O) groups is 1. The number of rotatable bonds is 24. The molecule has 0 fully saturated rings. The van der Waals surface area contributed by atoms with E-state index in [9.17, 15) is 9.90 Å². The van der Waals surface area contributed by atoms with E-state index in [1.54, 1.807) is 17.4 Å². The zero-order valence-corrected chi connectivity index (χ0v) is 35.3. The molecule has 0 radical (unpaired) electrons. The van der Waals surface area contributed by atoms with Gasteiger partial charge in [0.2, 0.25) is 0 Å². The molecule has 5 nitrogen and oxygen atoms in total. The van der Waals surface area contributed by atoms with Crippen LogP contribution in [0.15, 0.2) is 30.0 Å². The van der Waals surface area contributed by atoms with Gasteiger partial charge in [0.05, 0.1) is 16.3 Å². The average Bonchev–Trinajstić information content (AvgIpc) is 3.97. The first-order chi connectivity index (χ1) is 26.0. The van der Waals surface area contributed by atoms with Crippen molar-refractivity contribution in [2.45, 2.75) is 143 Å². The molecular formula is C44H57NO4S4. The molecule has 0 unspecified atom stereocenters. The number of carboxylic acids is 1. The summed E-state index contributed by atoms with van der Waals surface area (Å²) in [6.45, 7) is 15.4. The van der Waals surface area contributed by atoms with E-state index >= 15 is 0 Å². The van der Waals surface area contributed by atoms with Crippen molar-refractivity contribution < 1.29 is 19.4 Å². The van der Waals surface area contributed by atoms with Crippen LogP contribution >= 0.6 is 45.3 Å². The number of fused-ring (bicyclic) bond motifs is 1. The molecule has 0 bridgehead atoms. The number of aryl methyl sites for hydroxylation is 3. The minimum atomic E-state index is -1.18. The maximum Gasteiger partial charge on any atom is 0.333 e. The van der Waals surface area contributed by atoms with Gasteiger partial charge in [-0.05, 0) is 80.0 Å². The van der Waals surface area contributed by atoms with E-state index < -0.39 is 5.97 Å². The lowest BCUT2D eigenvalue weighted by Crippen LogP contribution is -2.15. The molecule has 0 atom stereocenters. The first kappa shape index (κ1) is 41.3. The van der Waals surface area contributed by atoms with Crippen molar-refractivity contribution in [3.63, 3.8) is 0 Å². The smallest absolute Gasteiger partial charge is 0.333 e. The Morgan fingerprint density at radius 3 is 1.79 bits per heavy atom. The molecule has 1 aliphatic heterocycles. The summed E-state index contributed by atoms with van der Waals surface area (Å²) in [6.07, 6.45) is 24.5. The zero-order chi connectivity index (χ0) is 37.4. The van der Waals surface area contributed by atoms with Gasteiger partial charge in [0.15, 0.2) is 11.5 Å². The molecule has 0 aliphatic carbocycles. The molecule has 0 spiro atoms. The normalized spacial score (nSPS) is 12.8. The molecule has 0 aromatic carbocycles. The number of carboxylic acid groups (broad SMARTS) is 1. The first-order valence-corrected chi connectivity index (χ1v) is 23.3. The van der Waals surface area contributed by atoms with Crippen molar-refractivity contribution in [1.82, 2.24) is 0 Å². The van der Waals surface area contributed by atoms with E-state index in [-0.39, 0.29) is 5.70 Å². The lowest BCUT2D eigenvalue weighted by atomic mass is 10.0. The van der Waals surface area contributed by atoms with Gasteiger partial charge in [-0.3, -0.25) is 4.79 Å². The second kappa shape index (κ2) is 21.9. The highest BCUT2D eigenvalue weighted by molar-refractivity contribution is 7.29. The van der Waals surface area contributed by atoms with Crippen LogP contribution in [0.5, 0.6) is 11.5 Å². The summed E-state index contributed by atoms with van der Waals surface area (Å²) in [5.74, 6) is 0.740. The molecule has 5 heterocycles. The van der Waals surface area contributed by atoms with Crippen LogP contribution in [0.25, 0.3) is 40.2 Å². The molecular weight excluding hydrogens is 735 g/mol. The number of thiophene rings is 4. The lowest BCUT2D eigenvalue weighted by molar-refractivity contribution is -0.132. The summed E-state index contributed by atoms with van der Waals surface area (Å²) in [7, 11) is 0. The average molecular weight is 792 g/mol. The van der Waals surface area contributed by atoms with E-state index in [4.69, 9.17) is 16.0 Å². The summed E-state index contributed by atoms with van der Waals surface area (Å²) in [6, 6.07) is 9.10. The minimum absolute atomic E-state index is 0.240. The van der Waals surface area contributed by atoms with Gasteiger partial charge in [0.25, 0.3) is 5.70 Å². The summed E-state index contributed by atoms with van der Waals surface area (Å²) in [5, 5.41) is 9.56. The highest BCUT2D eigenvalue weighted by atomic mass is 32.1. The number of hydrogen-bond acceptors (Lipinski definition) is 7. The Morgan fingerprint density at radius 1 is 0.660 bits per heavy atom. The third kappa shape index (κ3) is 11.6. The van der Waals surface area contributed by atoms with Crippen molar-refractivity contribution in [2.24, 2.45) is 0 Å². The predicted molar refractivity (Wildman–Crippen MR) is 229 cm³/mol. The highest BCUT2D eigenvalue weighted by Crippen LogP contribution is 2.54. The molecule has 1 aliphatic rings. The number of unbranched alkanes of at least 4 members (excludes halogenated alkanes) is 13. The van der Waals surface area contributed by atoms with Crippen LogP contribution in [0.3, 0.4) is 0 Å². The Labute approximate surface area is 333 Å². The van der Waals surface area contributed by atoms with E-state index in [0.29, 0.717) is 13.2 Å². The third-order valence-electron chi connectivity index (χ3n) is 9.86. The van der Waals surface area contributed by atoms with Gasteiger partial charge in [0.1, 0.15) is 13.2 Å². The molecule has 53 heavy (non-hydrogen) atoms. The van der Waals surface area contributed by atoms with E-state index in [1.807, 2.05) is 34.0 Å². The van der Waals surface area contributed by atoms with Crippen molar-refractivity contribution in [2.75, 3.05) is 13.2 Å². The summed E-state index contributed by atoms with van der Waals surface area (Å²) in [5.41, 5.74) is 2.44. The van der Waals surface area contributed by atoms with Gasteiger partial charge in [-0.15, -0.1) is 45.3 Å². The van der Waals surface area contributed by atoms with Crippen LogP contribution in [-0.4, -0.2) is 24.3 Å². The van der Waals surface area contributed by atoms with Gasteiger partial charge < -0.3 is 14.6 Å². The molecule has 286 valence electrons. The van der Waals surface area contributed by atoms with Gasteiger partial charge in [-0.2, -0.15) is 0 Å². The molecule has 1 N–H and O–H groups in total. The Morgan fingerprint density at radius 2 is 1.19 bits per heavy atom. The quantitative estimate of drug-likeness (QED) is 0.0436. The second-order valence-corrected chi connectivity index (χ2v) is 18.5. The first-order valence-electron chi connectivity index (χ1n) is 20.1. The molecule has 5 rings (SSSR count). The fraction of sp³-hybridized carbons (Fsp3) is 0.545. The van der Waals surface area contributed by atoms with Gasteiger partial charge in [-0.25, -0.2) is 4.85 Å². The van der Waals surface area contributed by atoms with Crippen LogP contribution in [0.2, 0.25) is 0 Å². The zero-order valence-electron chi connectivity index (χ0n) is 32.0. The van der Waals surface area contributed by atoms with Crippen molar-refractivity contribution >= 4 is 57.4 Å². The van der Waals surface area contributed by atoms with Crippen LogP contribution < -0.4 is 9.47 Å². The molecule has 0 saturated carbocycles. The van der Waals surface area contributed by atoms with Crippen LogP contribution in [-0.2, 0) is 24.1 Å². The number of nitrogens with zero attached hydrogens (tertiary/aromatic N) is 1. The summed E-state index contributed by atoms with van der Waals surface area (Å²) >= 11 is 7.21. The molecule has 4 aromatic heterocycles. The van der Waals surface area contributed by atoms with Crippen LogP contribution in [0.4, 0.5) is 0 Å². The Kier molecular flexibility index (Phi) is 17.0. The van der Waals surface area contributed by atoms with E-state index in [1.165, 1.54) is 142 Å². The third-order valence-corrected chi connectivity index (χ3v) is 15.0. The van der Waals surface area contributed by atoms with E-state index in [0.717, 1.165) is 42.1 Å². The topological polar surface area (TPSA) is 60.1 Å². The fourth-order valence-corrected chi connectivity index (χ4v) is 11.9. The van der Waals surface area contributed by atoms with Crippen LogP contribution in [0, 0.1) is 6.57 Å². The maximum absolute atomic E-state index is 11.7. The van der Waals surface area contributed by atoms with Crippen molar-refractivity contribution in [1.29, 1.82) is 0 Å². The van der Waals surface area contributed by atoms with Crippen molar-refractivity contribution in [3.8, 4) is 40.8 Å². The van der Waals surface area contributed by atoms with Crippen molar-refractivity contribution in [3.05, 3.63) is 62.3 Å². The van der Waals surface area contributed by atoms with E-state index in [2.05, 4.69) is 49.9 Å². The Bertz CT molecular complexity index is 1820. The summed E-state index contributed by atoms with van der Waals surface area (Å²) in [4.78, 5) is 24.7. The van der Waals surface area contributed by atoms with Gasteiger partial charge in [0, 0.05) is 29.3 Å². The summed E-state index contributed by atoms with van der Waals surface area (Å²) < 4.78 is 12.6. The van der Waals surface area contributed by atoms with Crippen LogP contribution in [0.1, 0.15) is 144 Å². The molecule has 4 aromatic rings. The Hall–Kier alpha value is -2.90. The van der Waals surface area contributed by atoms with Gasteiger partial charge in [-0.1, -0.05) is 104 Å². The SMILES string of the molecule is [C-]#[N+]/C(=C\c1cc(CCCCCCCC)c(-c2ccc(-c3sc(-c4sc(CCCCCC)c5c4OCCO5)cc3CCCCCCCC)s2)s1)C(=O)O. The largest absolute Gasteiger partial charge is 0.486 e. The standard InChI is InChI=1S/C44H57NO4S4/c1-5-8-11-14-16-18-21-31-28-33(30-34(45-4)44(46)47)50-41(31)36-24-25-37(51-36)42-32(22-19-17-15-12-9-6-2)29-38(53-42)43-40-39(48-26-27-49-40)35(52-43)23-20-13-10-7-3/h24-25,28-30H,5-23,26-27H2,1-3H3,(H,46,47)/b34-30-. The predicted octanol–water partition coefficient (Wildman–Crippen LogP) is 15.0. The monoisotopic (exact) mass is 791 g/mol. The molecule has 9 heteroatoms. The number of aliphatic carboxylic acids is 1. The maximum atomic E-state index is 11.7. The highest BCUT2D eigenvalue weighted by Gasteiger charge is 2.27. The minimum Gasteiger partial charge on any atom is -0.486 e. The molecule has 0 amide bonds. The fourth-order valence-electron chi connectivity index (χ4n) is 6.95. The second-order valence-electron chi connectivity index (χ2n) is 14.1. The molecule has 0 saturated heterocycles. The lowest BCUT2D eigenvalue weighted by Gasteiger charge is -2.17. The number of ether oxygens (including phenoxy) is 2. The number of hydrogen-bond donors (Lipinski definition) is 1.